The van der Waals surface area contributed by atoms with Gasteiger partial charge in [-0.05, 0) is 48.0 Å². The van der Waals surface area contributed by atoms with E-state index in [0.29, 0.717) is 0 Å². The van der Waals surface area contributed by atoms with Gasteiger partial charge in [-0.1, -0.05) is 59.8 Å². The molecule has 0 amide bonds. The fourth-order valence-electron chi connectivity index (χ4n) is 6.19. The van der Waals surface area contributed by atoms with Gasteiger partial charge < -0.3 is 47.0 Å². The van der Waals surface area contributed by atoms with Gasteiger partial charge in [-0.3, -0.25) is 0 Å². The normalized spacial score (nSPS) is 11.3. The fraction of sp³-hybridized carbons (Fsp3) is 0.111. The van der Waals surface area contributed by atoms with Crippen LogP contribution in [0.3, 0.4) is 0 Å². The van der Waals surface area contributed by atoms with Gasteiger partial charge in [0.25, 0.3) is 0 Å². The van der Waals surface area contributed by atoms with Crippen molar-refractivity contribution in [2.75, 3.05) is 0 Å². The number of aryl methyl sites for hydroxylation is 4. The maximum absolute atomic E-state index is 5.82. The van der Waals surface area contributed by atoms with Crippen molar-refractivity contribution in [1.29, 1.82) is 0 Å². The van der Waals surface area contributed by atoms with Crippen LogP contribution < -0.4 is 9.97 Å². The molecule has 0 bridgehead atoms. The first-order valence-electron chi connectivity index (χ1n) is 15.1. The summed E-state index contributed by atoms with van der Waals surface area (Å²) in [5, 5.41) is 1.97. The molecule has 0 fully saturated rings. The van der Waals surface area contributed by atoms with Gasteiger partial charge in [0.05, 0.1) is 36.6 Å². The molecule has 0 saturated heterocycles. The van der Waals surface area contributed by atoms with Crippen LogP contribution in [0.25, 0.3) is 89.3 Å². The zero-order valence-corrected chi connectivity index (χ0v) is 31.5. The van der Waals surface area contributed by atoms with E-state index in [9.17, 15) is 0 Å². The van der Waals surface area contributed by atoms with E-state index in [1.54, 1.807) is 37.6 Å². The Balaban J connectivity index is 0.000000151. The van der Waals surface area contributed by atoms with Gasteiger partial charge in [-0.15, -0.1) is 23.4 Å². The van der Waals surface area contributed by atoms with Crippen LogP contribution in [0.5, 0.6) is 0 Å². The third-order valence-corrected chi connectivity index (χ3v) is 8.49. The molecule has 0 radical (unpaired) electrons. The Labute approximate surface area is 313 Å². The molecule has 0 spiro atoms. The van der Waals surface area contributed by atoms with Crippen molar-refractivity contribution in [2.24, 2.45) is 28.2 Å². The predicted octanol–water partition coefficient (Wildman–Crippen LogP) is 6.28. The minimum absolute atomic E-state index is 0. The van der Waals surface area contributed by atoms with Crippen LogP contribution in [-0.2, 0) is 70.3 Å². The topological polar surface area (TPSA) is 126 Å². The van der Waals surface area contributed by atoms with Crippen LogP contribution in [0.1, 0.15) is 0 Å². The molecule has 2 aromatic carbocycles. The van der Waals surface area contributed by atoms with Crippen molar-refractivity contribution in [3.8, 4) is 45.3 Å². The van der Waals surface area contributed by atoms with Gasteiger partial charge in [0, 0.05) is 37.3 Å². The standard InChI is InChI=1S/2C18H13N5O.2Pt/c2*1-22-8-14(20-10-22)11-4-3-5-12-15(11)21-16-13(9-24-17(12)16)18-19-6-7-23(18)2;;/h2*3-5,7-10H,1-2H3;;/q2*-2;2*+2. The molecule has 0 unspecified atom stereocenters. The molecule has 0 saturated carbocycles. The second kappa shape index (κ2) is 12.9. The first kappa shape index (κ1) is 33.3. The molecule has 12 nitrogen and oxygen atoms in total. The summed E-state index contributed by atoms with van der Waals surface area (Å²) >= 11 is 0. The number of hydrogen-bond acceptors (Lipinski definition) is 6. The van der Waals surface area contributed by atoms with Crippen molar-refractivity contribution < 1.29 is 51.0 Å². The van der Waals surface area contributed by atoms with E-state index in [1.807, 2.05) is 95.3 Å². The summed E-state index contributed by atoms with van der Waals surface area (Å²) in [6, 6.07) is 12.1. The molecule has 8 heterocycles. The molecule has 0 aliphatic carbocycles. The third kappa shape index (κ3) is 5.30. The largest absolute Gasteiger partial charge is 2.00 e. The molecule has 0 atom stereocenters. The predicted molar refractivity (Wildman–Crippen MR) is 181 cm³/mol. The third-order valence-electron chi connectivity index (χ3n) is 8.49. The maximum Gasteiger partial charge on any atom is 2.00 e. The number of imidazole rings is 4. The molecule has 0 aliphatic heterocycles. The minimum atomic E-state index is 0. The summed E-state index contributed by atoms with van der Waals surface area (Å²) in [6.45, 7) is 0. The van der Waals surface area contributed by atoms with E-state index in [-0.39, 0.29) is 42.1 Å². The number of para-hydroxylation sites is 2. The van der Waals surface area contributed by atoms with Crippen molar-refractivity contribution in [3.05, 3.63) is 98.8 Å². The van der Waals surface area contributed by atoms with Crippen molar-refractivity contribution in [3.63, 3.8) is 0 Å². The van der Waals surface area contributed by atoms with Crippen LogP contribution in [0.15, 0.2) is 95.2 Å². The van der Waals surface area contributed by atoms with Crippen LogP contribution >= 0.6 is 0 Å². The van der Waals surface area contributed by atoms with Crippen molar-refractivity contribution in [2.45, 2.75) is 0 Å². The number of aromatic nitrogens is 10. The van der Waals surface area contributed by atoms with Gasteiger partial charge in [0.1, 0.15) is 11.2 Å². The molecule has 8 aromatic heterocycles. The molecule has 0 N–H and O–H groups in total. The van der Waals surface area contributed by atoms with E-state index in [2.05, 4.69) is 32.3 Å². The number of benzene rings is 2. The molecule has 10 aromatic rings. The Morgan fingerprint density at radius 1 is 0.580 bits per heavy atom. The summed E-state index contributed by atoms with van der Waals surface area (Å²) in [6.07, 6.45) is 20.3. The quantitative estimate of drug-likeness (QED) is 0.189. The van der Waals surface area contributed by atoms with Crippen LogP contribution in [0.4, 0.5) is 0 Å². The molecule has 10 rings (SSSR count). The molecular formula is C36H26N10O2Pt2. The zero-order valence-electron chi connectivity index (χ0n) is 27.0. The van der Waals surface area contributed by atoms with E-state index in [0.717, 1.165) is 89.3 Å². The van der Waals surface area contributed by atoms with Crippen LogP contribution in [-0.4, -0.2) is 38.2 Å². The molecule has 14 heteroatoms. The van der Waals surface area contributed by atoms with E-state index >= 15 is 0 Å². The second-order valence-corrected chi connectivity index (χ2v) is 11.7. The Morgan fingerprint density at radius 2 is 1.02 bits per heavy atom. The molecular weight excluding hydrogens is 995 g/mol. The number of hydrogen-bond donors (Lipinski definition) is 0. The fourth-order valence-corrected chi connectivity index (χ4v) is 6.19. The maximum atomic E-state index is 5.82. The van der Waals surface area contributed by atoms with E-state index in [1.165, 1.54) is 0 Å². The Bertz CT molecular complexity index is 2570. The Kier molecular flexibility index (Phi) is 8.62. The first-order valence-corrected chi connectivity index (χ1v) is 15.1. The summed E-state index contributed by atoms with van der Waals surface area (Å²) in [4.78, 5) is 27.2. The van der Waals surface area contributed by atoms with Gasteiger partial charge in [-0.25, -0.2) is 9.97 Å². The number of rotatable bonds is 4. The monoisotopic (exact) mass is 1020 g/mol. The second-order valence-electron chi connectivity index (χ2n) is 11.7. The number of nitrogens with zero attached hydrogens (tertiary/aromatic N) is 10. The van der Waals surface area contributed by atoms with Crippen LogP contribution in [0.2, 0.25) is 0 Å². The molecule has 50 heavy (non-hydrogen) atoms. The smallest absolute Gasteiger partial charge is 0.654 e. The average molecular weight is 1020 g/mol. The van der Waals surface area contributed by atoms with Crippen LogP contribution in [0, 0.1) is 12.4 Å². The van der Waals surface area contributed by atoms with Crippen molar-refractivity contribution >= 4 is 44.0 Å². The summed E-state index contributed by atoms with van der Waals surface area (Å²) in [5.74, 6) is 1.58. The van der Waals surface area contributed by atoms with Gasteiger partial charge in [-0.2, -0.15) is 0 Å². The SMILES string of the molecule is Cn1cnc(-c2cccc3c2[n-]c2c(-c4n[c-]cn4C)coc23)c1.Cn1cnc(-c2cccc3c2[n-]c2c(-c4n[c-]cn4C)coc23)c1.[Pt+2].[Pt+2]. The number of fused-ring (bicyclic) bond motifs is 6. The van der Waals surface area contributed by atoms with Gasteiger partial charge in [0.2, 0.25) is 0 Å². The Morgan fingerprint density at radius 3 is 1.38 bits per heavy atom. The van der Waals surface area contributed by atoms with Crippen molar-refractivity contribution in [1.82, 2.24) is 48.2 Å². The minimum Gasteiger partial charge on any atom is -0.654 e. The van der Waals surface area contributed by atoms with E-state index in [4.69, 9.17) is 18.8 Å². The van der Waals surface area contributed by atoms with Gasteiger partial charge >= 0.3 is 42.1 Å². The summed E-state index contributed by atoms with van der Waals surface area (Å²) in [7, 11) is 7.77. The molecule has 252 valence electrons. The average Bonchev–Trinajstić information content (AvgIpc) is 3.92. The zero-order chi connectivity index (χ0) is 32.5. The summed E-state index contributed by atoms with van der Waals surface area (Å²) < 4.78 is 19.3. The first-order chi connectivity index (χ1) is 23.4. The Hall–Kier alpha value is -5.18. The van der Waals surface area contributed by atoms with Gasteiger partial charge in [0.15, 0.2) is 0 Å². The summed E-state index contributed by atoms with van der Waals surface area (Å²) in [5.41, 5.74) is 10.5. The molecule has 0 aliphatic rings. The van der Waals surface area contributed by atoms with E-state index < -0.39 is 0 Å². The number of furan rings is 2.